The number of carbonyl (C=O) groups excluding carboxylic acids is 1. The van der Waals surface area contributed by atoms with E-state index in [2.05, 4.69) is 14.7 Å². The van der Waals surface area contributed by atoms with E-state index in [1.165, 1.54) is 0 Å². The summed E-state index contributed by atoms with van der Waals surface area (Å²) in [6, 6.07) is 0. The van der Waals surface area contributed by atoms with Crippen LogP contribution in [0.3, 0.4) is 0 Å². The fourth-order valence-corrected chi connectivity index (χ4v) is 1.89. The summed E-state index contributed by atoms with van der Waals surface area (Å²) in [7, 11) is 0. The topological polar surface area (TPSA) is 65.2 Å². The SMILES string of the molecule is CC1(c2noc(CC(=O)C(F)(F)F)n2)CCCCO1. The van der Waals surface area contributed by atoms with Crippen LogP contribution in [0.15, 0.2) is 4.52 Å². The van der Waals surface area contributed by atoms with Crippen LogP contribution < -0.4 is 0 Å². The van der Waals surface area contributed by atoms with Crippen LogP contribution in [0, 0.1) is 0 Å². The van der Waals surface area contributed by atoms with Gasteiger partial charge in [0.25, 0.3) is 0 Å². The van der Waals surface area contributed by atoms with Gasteiger partial charge in [0.1, 0.15) is 5.60 Å². The van der Waals surface area contributed by atoms with Crippen LogP contribution in [-0.2, 0) is 21.6 Å². The van der Waals surface area contributed by atoms with E-state index < -0.39 is 24.0 Å². The molecule has 5 nitrogen and oxygen atoms in total. The molecule has 1 aliphatic rings. The molecule has 0 N–H and O–H groups in total. The van der Waals surface area contributed by atoms with Crippen molar-refractivity contribution in [2.45, 2.75) is 44.4 Å². The first-order valence-corrected chi connectivity index (χ1v) is 5.88. The third-order valence-electron chi connectivity index (χ3n) is 3.04. The summed E-state index contributed by atoms with van der Waals surface area (Å²) in [6.07, 6.45) is -3.32. The molecule has 0 aromatic carbocycles. The summed E-state index contributed by atoms with van der Waals surface area (Å²) >= 11 is 0. The van der Waals surface area contributed by atoms with Crippen molar-refractivity contribution in [3.05, 3.63) is 11.7 Å². The van der Waals surface area contributed by atoms with Gasteiger partial charge in [-0.2, -0.15) is 18.2 Å². The third-order valence-corrected chi connectivity index (χ3v) is 3.04. The van der Waals surface area contributed by atoms with Gasteiger partial charge in [0, 0.05) is 6.61 Å². The number of carbonyl (C=O) groups is 1. The Balaban J connectivity index is 2.09. The van der Waals surface area contributed by atoms with Crippen molar-refractivity contribution in [2.75, 3.05) is 6.61 Å². The molecule has 0 aliphatic carbocycles. The molecule has 1 atom stereocenters. The number of ether oxygens (including phenoxy) is 1. The molecule has 19 heavy (non-hydrogen) atoms. The molecule has 2 heterocycles. The van der Waals surface area contributed by atoms with E-state index in [9.17, 15) is 18.0 Å². The van der Waals surface area contributed by atoms with E-state index in [-0.39, 0.29) is 11.7 Å². The monoisotopic (exact) mass is 278 g/mol. The smallest absolute Gasteiger partial charge is 0.367 e. The van der Waals surface area contributed by atoms with Crippen molar-refractivity contribution >= 4 is 5.78 Å². The van der Waals surface area contributed by atoms with Gasteiger partial charge in [-0.05, 0) is 26.2 Å². The molecule has 2 rings (SSSR count). The molecule has 8 heteroatoms. The number of ketones is 1. The number of hydrogen-bond acceptors (Lipinski definition) is 5. The lowest BCUT2D eigenvalue weighted by Crippen LogP contribution is -2.31. The number of alkyl halides is 3. The van der Waals surface area contributed by atoms with Gasteiger partial charge in [0.15, 0.2) is 0 Å². The maximum atomic E-state index is 12.1. The second-order valence-corrected chi connectivity index (χ2v) is 4.65. The van der Waals surface area contributed by atoms with Gasteiger partial charge in [-0.25, -0.2) is 0 Å². The fraction of sp³-hybridized carbons (Fsp3) is 0.727. The van der Waals surface area contributed by atoms with Crippen LogP contribution in [0.5, 0.6) is 0 Å². The molecule has 0 amide bonds. The Kier molecular flexibility index (Phi) is 3.62. The highest BCUT2D eigenvalue weighted by Gasteiger charge is 2.40. The molecule has 0 saturated carbocycles. The standard InChI is InChI=1S/C11H13F3N2O3/c1-10(4-2-3-5-18-10)9-15-8(19-16-9)6-7(17)11(12,13)14/h2-6H2,1H3. The van der Waals surface area contributed by atoms with Crippen LogP contribution >= 0.6 is 0 Å². The Hall–Kier alpha value is -1.44. The zero-order valence-electron chi connectivity index (χ0n) is 10.3. The normalized spacial score (nSPS) is 24.4. The lowest BCUT2D eigenvalue weighted by molar-refractivity contribution is -0.170. The van der Waals surface area contributed by atoms with Crippen LogP contribution in [0.25, 0.3) is 0 Å². The molecule has 1 aromatic rings. The van der Waals surface area contributed by atoms with Gasteiger partial charge in [-0.15, -0.1) is 0 Å². The van der Waals surface area contributed by atoms with Gasteiger partial charge in [-0.1, -0.05) is 5.16 Å². The second-order valence-electron chi connectivity index (χ2n) is 4.65. The Bertz CT molecular complexity index is 464. The molecule has 0 bridgehead atoms. The number of hydrogen-bond donors (Lipinski definition) is 0. The number of rotatable bonds is 3. The molecular formula is C11H13F3N2O3. The van der Waals surface area contributed by atoms with Crippen LogP contribution in [0.2, 0.25) is 0 Å². The highest BCUT2D eigenvalue weighted by atomic mass is 19.4. The molecule has 0 spiro atoms. The average Bonchev–Trinajstić information content (AvgIpc) is 2.78. The van der Waals surface area contributed by atoms with Crippen molar-refractivity contribution < 1.29 is 27.2 Å². The van der Waals surface area contributed by atoms with Gasteiger partial charge in [-0.3, -0.25) is 4.79 Å². The molecule has 1 aromatic heterocycles. The van der Waals surface area contributed by atoms with Crippen molar-refractivity contribution in [3.8, 4) is 0 Å². The number of halogens is 3. The van der Waals surface area contributed by atoms with Crippen molar-refractivity contribution in [1.82, 2.24) is 10.1 Å². The summed E-state index contributed by atoms with van der Waals surface area (Å²) < 4.78 is 46.6. The molecule has 1 unspecified atom stereocenters. The molecule has 106 valence electrons. The maximum absolute atomic E-state index is 12.1. The molecule has 1 aliphatic heterocycles. The summed E-state index contributed by atoms with van der Waals surface area (Å²) in [6.45, 7) is 2.30. The minimum atomic E-state index is -4.89. The third kappa shape index (κ3) is 3.12. The first-order valence-electron chi connectivity index (χ1n) is 5.88. The first-order chi connectivity index (χ1) is 8.81. The Labute approximate surface area is 107 Å². The summed E-state index contributed by atoms with van der Waals surface area (Å²) in [5, 5.41) is 3.62. The zero-order chi connectivity index (χ0) is 14.1. The van der Waals surface area contributed by atoms with E-state index >= 15 is 0 Å². The van der Waals surface area contributed by atoms with E-state index in [4.69, 9.17) is 4.74 Å². The molecule has 1 fully saturated rings. The number of Topliss-reactive ketones (excluding diaryl/α,β-unsaturated/α-hetero) is 1. The van der Waals surface area contributed by atoms with Crippen LogP contribution in [-0.4, -0.2) is 28.7 Å². The van der Waals surface area contributed by atoms with Crippen molar-refractivity contribution in [3.63, 3.8) is 0 Å². The Morgan fingerprint density at radius 1 is 1.42 bits per heavy atom. The largest absolute Gasteiger partial charge is 0.450 e. The lowest BCUT2D eigenvalue weighted by Gasteiger charge is -2.30. The van der Waals surface area contributed by atoms with Gasteiger partial charge < -0.3 is 9.26 Å². The first kappa shape index (κ1) is 14.0. The summed E-state index contributed by atoms with van der Waals surface area (Å²) in [4.78, 5) is 14.7. The lowest BCUT2D eigenvalue weighted by atomic mass is 9.95. The van der Waals surface area contributed by atoms with Gasteiger partial charge in [0.05, 0.1) is 6.42 Å². The molecule has 0 radical (unpaired) electrons. The molecular weight excluding hydrogens is 265 g/mol. The Morgan fingerprint density at radius 2 is 2.16 bits per heavy atom. The highest BCUT2D eigenvalue weighted by molar-refractivity contribution is 5.85. The minimum Gasteiger partial charge on any atom is -0.367 e. The predicted molar refractivity (Wildman–Crippen MR) is 56.2 cm³/mol. The van der Waals surface area contributed by atoms with Crippen LogP contribution in [0.4, 0.5) is 13.2 Å². The predicted octanol–water partition coefficient (Wildman–Crippen LogP) is 2.16. The van der Waals surface area contributed by atoms with E-state index in [1.54, 1.807) is 6.92 Å². The van der Waals surface area contributed by atoms with Crippen molar-refractivity contribution in [2.24, 2.45) is 0 Å². The minimum absolute atomic E-state index is 0.192. The summed E-state index contributed by atoms with van der Waals surface area (Å²) in [5.74, 6) is -2.05. The quantitative estimate of drug-likeness (QED) is 0.847. The second kappa shape index (κ2) is 4.92. The zero-order valence-corrected chi connectivity index (χ0v) is 10.3. The highest BCUT2D eigenvalue weighted by Crippen LogP contribution is 2.32. The maximum Gasteiger partial charge on any atom is 0.450 e. The van der Waals surface area contributed by atoms with E-state index in [1.807, 2.05) is 0 Å². The number of nitrogens with zero attached hydrogens (tertiary/aromatic N) is 2. The molecule has 1 saturated heterocycles. The van der Waals surface area contributed by atoms with Crippen LogP contribution in [0.1, 0.15) is 37.9 Å². The van der Waals surface area contributed by atoms with Crippen molar-refractivity contribution in [1.29, 1.82) is 0 Å². The Morgan fingerprint density at radius 3 is 2.74 bits per heavy atom. The van der Waals surface area contributed by atoms with Gasteiger partial charge in [0.2, 0.25) is 17.5 Å². The van der Waals surface area contributed by atoms with E-state index in [0.29, 0.717) is 13.0 Å². The average molecular weight is 278 g/mol. The number of aromatic nitrogens is 2. The van der Waals surface area contributed by atoms with Gasteiger partial charge >= 0.3 is 6.18 Å². The van der Waals surface area contributed by atoms with E-state index in [0.717, 1.165) is 12.8 Å². The summed E-state index contributed by atoms with van der Waals surface area (Å²) in [5.41, 5.74) is -0.749. The fourth-order valence-electron chi connectivity index (χ4n) is 1.89.